The van der Waals surface area contributed by atoms with E-state index >= 15 is 0 Å². The minimum absolute atomic E-state index is 0.0407. The summed E-state index contributed by atoms with van der Waals surface area (Å²) in [6, 6.07) is 4.05. The van der Waals surface area contributed by atoms with Crippen molar-refractivity contribution < 1.29 is 10.2 Å². The van der Waals surface area contributed by atoms with Crippen LogP contribution in [0.1, 0.15) is 18.7 Å². The molecule has 0 fully saturated rings. The maximum absolute atomic E-state index is 9.39. The molecule has 14 heavy (non-hydrogen) atoms. The van der Waals surface area contributed by atoms with E-state index in [0.29, 0.717) is 0 Å². The van der Waals surface area contributed by atoms with Crippen molar-refractivity contribution in [2.24, 2.45) is 11.3 Å². The molecule has 0 aliphatic carbocycles. The highest BCUT2D eigenvalue weighted by Gasteiger charge is 2.32. The summed E-state index contributed by atoms with van der Waals surface area (Å²) in [5.74, 6) is 0.277. The molecule has 1 aromatic heterocycles. The lowest BCUT2D eigenvalue weighted by Crippen LogP contribution is -2.37. The van der Waals surface area contributed by atoms with Gasteiger partial charge in [0.25, 0.3) is 0 Å². The Balaban J connectivity index is 2.78. The molecule has 3 heteroatoms. The zero-order chi connectivity index (χ0) is 10.6. The Bertz CT molecular complexity index is 250. The molecular weight excluding hydrogens is 196 g/mol. The van der Waals surface area contributed by atoms with Crippen LogP contribution in [0.2, 0.25) is 0 Å². The fourth-order valence-corrected chi connectivity index (χ4v) is 2.35. The first kappa shape index (κ1) is 11.7. The number of aliphatic hydroxyl groups excluding tert-OH is 2. The van der Waals surface area contributed by atoms with Gasteiger partial charge in [0, 0.05) is 10.3 Å². The normalized spacial score (nSPS) is 12.4. The largest absolute Gasteiger partial charge is 0.396 e. The van der Waals surface area contributed by atoms with Crippen molar-refractivity contribution >= 4 is 11.3 Å². The summed E-state index contributed by atoms with van der Waals surface area (Å²) < 4.78 is 0. The van der Waals surface area contributed by atoms with Crippen molar-refractivity contribution in [2.75, 3.05) is 13.2 Å². The van der Waals surface area contributed by atoms with E-state index in [2.05, 4.69) is 0 Å². The molecule has 0 bridgehead atoms. The summed E-state index contributed by atoms with van der Waals surface area (Å²) in [7, 11) is 0. The molecule has 0 saturated heterocycles. The molecule has 2 nitrogen and oxygen atoms in total. The van der Waals surface area contributed by atoms with E-state index in [1.807, 2.05) is 31.4 Å². The molecule has 0 aromatic carbocycles. The average Bonchev–Trinajstić information content (AvgIpc) is 2.66. The van der Waals surface area contributed by atoms with Gasteiger partial charge in [0.1, 0.15) is 0 Å². The third-order valence-corrected chi connectivity index (χ3v) is 3.84. The van der Waals surface area contributed by atoms with E-state index < -0.39 is 0 Å². The van der Waals surface area contributed by atoms with Gasteiger partial charge >= 0.3 is 0 Å². The topological polar surface area (TPSA) is 40.5 Å². The number of aliphatic hydroxyl groups is 2. The molecule has 1 heterocycles. The maximum Gasteiger partial charge on any atom is 0.0515 e. The van der Waals surface area contributed by atoms with Gasteiger partial charge in [-0.1, -0.05) is 19.9 Å². The van der Waals surface area contributed by atoms with Gasteiger partial charge < -0.3 is 10.2 Å². The van der Waals surface area contributed by atoms with Crippen molar-refractivity contribution in [3.8, 4) is 0 Å². The summed E-state index contributed by atoms with van der Waals surface area (Å²) in [5.41, 5.74) is -0.370. The summed E-state index contributed by atoms with van der Waals surface area (Å²) in [6.45, 7) is 4.16. The Morgan fingerprint density at radius 2 is 2.00 bits per heavy atom. The van der Waals surface area contributed by atoms with Gasteiger partial charge in [-0.05, 0) is 23.8 Å². The Morgan fingerprint density at radius 3 is 2.36 bits per heavy atom. The minimum Gasteiger partial charge on any atom is -0.396 e. The smallest absolute Gasteiger partial charge is 0.0515 e. The van der Waals surface area contributed by atoms with E-state index in [1.165, 1.54) is 4.88 Å². The maximum atomic E-state index is 9.39. The molecule has 0 atom stereocenters. The Hall–Kier alpha value is -0.380. The zero-order valence-electron chi connectivity index (χ0n) is 8.73. The molecule has 0 unspecified atom stereocenters. The standard InChI is InChI=1S/C11H18O2S/c1-9(2)11(7-12,8-13)6-10-4-3-5-14-10/h3-5,9,12-13H,6-8H2,1-2H3. The van der Waals surface area contributed by atoms with E-state index in [0.717, 1.165) is 6.42 Å². The second-order valence-corrected chi connectivity index (χ2v) is 5.12. The third kappa shape index (κ3) is 2.35. The molecule has 1 rings (SSSR count). The third-order valence-electron chi connectivity index (χ3n) is 2.96. The summed E-state index contributed by atoms with van der Waals surface area (Å²) >= 11 is 1.68. The van der Waals surface area contributed by atoms with Gasteiger partial charge in [0.05, 0.1) is 13.2 Å². The second-order valence-electron chi connectivity index (χ2n) is 4.09. The quantitative estimate of drug-likeness (QED) is 0.786. The van der Waals surface area contributed by atoms with Gasteiger partial charge in [0.2, 0.25) is 0 Å². The van der Waals surface area contributed by atoms with Crippen LogP contribution in [0.4, 0.5) is 0 Å². The molecule has 0 spiro atoms. The fraction of sp³-hybridized carbons (Fsp3) is 0.636. The van der Waals surface area contributed by atoms with E-state index in [1.54, 1.807) is 11.3 Å². The van der Waals surface area contributed by atoms with Crippen LogP contribution >= 0.6 is 11.3 Å². The van der Waals surface area contributed by atoms with E-state index in [4.69, 9.17) is 0 Å². The van der Waals surface area contributed by atoms with Crippen molar-refractivity contribution in [2.45, 2.75) is 20.3 Å². The molecule has 0 radical (unpaired) electrons. The van der Waals surface area contributed by atoms with Gasteiger partial charge in [-0.15, -0.1) is 11.3 Å². The first-order chi connectivity index (χ1) is 6.64. The number of thiophene rings is 1. The van der Waals surface area contributed by atoms with Crippen molar-refractivity contribution in [1.82, 2.24) is 0 Å². The molecule has 0 saturated carbocycles. The second kappa shape index (κ2) is 4.91. The Kier molecular flexibility index (Phi) is 4.11. The highest BCUT2D eigenvalue weighted by molar-refractivity contribution is 7.09. The SMILES string of the molecule is CC(C)C(CO)(CO)Cc1cccs1. The molecule has 0 aliphatic heterocycles. The molecule has 0 aliphatic rings. The lowest BCUT2D eigenvalue weighted by atomic mass is 9.75. The van der Waals surface area contributed by atoms with Crippen LogP contribution in [0, 0.1) is 11.3 Å². The van der Waals surface area contributed by atoms with Crippen LogP contribution in [0.15, 0.2) is 17.5 Å². The number of hydrogen-bond donors (Lipinski definition) is 2. The predicted molar refractivity (Wildman–Crippen MR) is 59.5 cm³/mol. The van der Waals surface area contributed by atoms with Gasteiger partial charge in [-0.3, -0.25) is 0 Å². The average molecular weight is 214 g/mol. The summed E-state index contributed by atoms with van der Waals surface area (Å²) in [6.07, 6.45) is 0.759. The Labute approximate surface area is 89.2 Å². The van der Waals surface area contributed by atoms with Gasteiger partial charge in [-0.2, -0.15) is 0 Å². The monoisotopic (exact) mass is 214 g/mol. The lowest BCUT2D eigenvalue weighted by molar-refractivity contribution is 0.0170. The zero-order valence-corrected chi connectivity index (χ0v) is 9.55. The molecular formula is C11H18O2S. The first-order valence-electron chi connectivity index (χ1n) is 4.89. The summed E-state index contributed by atoms with van der Waals surface area (Å²) in [4.78, 5) is 1.22. The number of hydrogen-bond acceptors (Lipinski definition) is 3. The van der Waals surface area contributed by atoms with Crippen molar-refractivity contribution in [1.29, 1.82) is 0 Å². The van der Waals surface area contributed by atoms with Gasteiger partial charge in [-0.25, -0.2) is 0 Å². The van der Waals surface area contributed by atoms with E-state index in [9.17, 15) is 10.2 Å². The predicted octanol–water partition coefficient (Wildman–Crippen LogP) is 1.92. The first-order valence-corrected chi connectivity index (χ1v) is 5.76. The molecule has 0 amide bonds. The Morgan fingerprint density at radius 1 is 1.36 bits per heavy atom. The molecule has 1 aromatic rings. The highest BCUT2D eigenvalue weighted by atomic mass is 32.1. The van der Waals surface area contributed by atoms with Crippen LogP contribution in [0.25, 0.3) is 0 Å². The lowest BCUT2D eigenvalue weighted by Gasteiger charge is -2.33. The van der Waals surface area contributed by atoms with Gasteiger partial charge in [0.15, 0.2) is 0 Å². The fourth-order valence-electron chi connectivity index (χ4n) is 1.49. The van der Waals surface area contributed by atoms with Crippen LogP contribution < -0.4 is 0 Å². The number of rotatable bonds is 5. The van der Waals surface area contributed by atoms with Crippen LogP contribution in [-0.4, -0.2) is 23.4 Å². The molecule has 80 valence electrons. The van der Waals surface area contributed by atoms with Crippen LogP contribution in [0.5, 0.6) is 0 Å². The highest BCUT2D eigenvalue weighted by Crippen LogP contribution is 2.32. The van der Waals surface area contributed by atoms with Crippen LogP contribution in [0.3, 0.4) is 0 Å². The van der Waals surface area contributed by atoms with Crippen molar-refractivity contribution in [3.05, 3.63) is 22.4 Å². The summed E-state index contributed by atoms with van der Waals surface area (Å²) in [5, 5.41) is 20.8. The molecule has 2 N–H and O–H groups in total. The van der Waals surface area contributed by atoms with Crippen LogP contribution in [-0.2, 0) is 6.42 Å². The minimum atomic E-state index is -0.370. The van der Waals surface area contributed by atoms with E-state index in [-0.39, 0.29) is 24.5 Å². The van der Waals surface area contributed by atoms with Crippen molar-refractivity contribution in [3.63, 3.8) is 0 Å².